The van der Waals surface area contributed by atoms with Crippen molar-refractivity contribution in [1.29, 1.82) is 0 Å². The van der Waals surface area contributed by atoms with Crippen LogP contribution < -0.4 is 36.1 Å². The largest absolute Gasteiger partial charge is 0.504 e. The average Bonchev–Trinajstić information content (AvgIpc) is 3.92. The van der Waals surface area contributed by atoms with Gasteiger partial charge >= 0.3 is 12.2 Å². The summed E-state index contributed by atoms with van der Waals surface area (Å²) >= 11 is 0.0646. The van der Waals surface area contributed by atoms with Crippen LogP contribution in [0.5, 0.6) is 11.5 Å². The Morgan fingerprint density at radius 2 is 1.46 bits per heavy atom. The molecule has 2 aromatic rings. The second-order valence-electron chi connectivity index (χ2n) is 20.0. The molecule has 78 heavy (non-hydrogen) atoms. The van der Waals surface area contributed by atoms with Crippen molar-refractivity contribution >= 4 is 60.0 Å². The fourth-order valence-corrected chi connectivity index (χ4v) is 9.06. The summed E-state index contributed by atoms with van der Waals surface area (Å²) in [6, 6.07) is 0.741. The Morgan fingerprint density at radius 3 is 2.13 bits per heavy atom. The first-order valence-corrected chi connectivity index (χ1v) is 25.4. The zero-order valence-electron chi connectivity index (χ0n) is 43.2. The zero-order valence-corrected chi connectivity index (χ0v) is 44.0. The van der Waals surface area contributed by atoms with E-state index in [1.54, 1.807) is 30.3 Å². The molecule has 0 radical (unpaired) electrons. The third-order valence-electron chi connectivity index (χ3n) is 12.7. The third-order valence-corrected chi connectivity index (χ3v) is 13.1. The summed E-state index contributed by atoms with van der Waals surface area (Å²) in [5, 5.41) is 105. The van der Waals surface area contributed by atoms with Gasteiger partial charge in [0.1, 0.15) is 48.5 Å². The van der Waals surface area contributed by atoms with Gasteiger partial charge in [-0.3, -0.25) is 28.8 Å². The lowest BCUT2D eigenvalue weighted by Crippen LogP contribution is -2.64. The summed E-state index contributed by atoms with van der Waals surface area (Å²) in [6.45, 7) is 5.01. The van der Waals surface area contributed by atoms with Crippen LogP contribution >= 0.6 is 12.3 Å². The fraction of sp³-hybridized carbons (Fsp3) is 0.583. The number of β-amino-alcohol motifs (C(OH)–C–C–N with tert-alkyl or cyclic N) is 1. The minimum atomic E-state index is -2.16. The fourth-order valence-electron chi connectivity index (χ4n) is 8.81. The molecule has 29 nitrogen and oxygen atoms in total. The van der Waals surface area contributed by atoms with Gasteiger partial charge in [-0.2, -0.15) is 0 Å². The van der Waals surface area contributed by atoms with Crippen LogP contribution in [0, 0.1) is 5.92 Å². The van der Waals surface area contributed by atoms with Gasteiger partial charge in [-0.15, -0.1) is 0 Å². The molecule has 13 atom stereocenters. The summed E-state index contributed by atoms with van der Waals surface area (Å²) in [4.78, 5) is 114. The number of aliphatic hydroxyl groups is 6. The maximum atomic E-state index is 14.9. The molecule has 3 aliphatic heterocycles. The minimum absolute atomic E-state index is 0.0646. The Kier molecular flexibility index (Phi) is 22.6. The number of phenols is 1. The van der Waals surface area contributed by atoms with Gasteiger partial charge in [-0.25, -0.2) is 14.8 Å². The Morgan fingerprint density at radius 1 is 0.795 bits per heavy atom. The molecule has 432 valence electrons. The maximum absolute atomic E-state index is 14.9. The summed E-state index contributed by atoms with van der Waals surface area (Å²) < 4.78 is 19.9. The van der Waals surface area contributed by atoms with Crippen LogP contribution in [-0.4, -0.2) is 203 Å². The number of carbonyl (C=O) groups is 8. The van der Waals surface area contributed by atoms with Gasteiger partial charge in [0.2, 0.25) is 35.4 Å². The average molecular weight is 1130 g/mol. The summed E-state index contributed by atoms with van der Waals surface area (Å²) in [5.74, 6) is -8.81. The number of alkyl carbamates (subject to hydrolysis) is 2. The van der Waals surface area contributed by atoms with Crippen molar-refractivity contribution in [2.45, 2.75) is 145 Å². The van der Waals surface area contributed by atoms with Crippen molar-refractivity contribution in [3.05, 3.63) is 59.7 Å². The lowest BCUT2D eigenvalue weighted by molar-refractivity contribution is -0.433. The number of amides is 8. The van der Waals surface area contributed by atoms with E-state index in [1.807, 2.05) is 0 Å². The number of phenolic OH excluding ortho intramolecular Hbond substituents is 1. The number of hydrogen-bond donors (Lipinski definition) is 14. The van der Waals surface area contributed by atoms with Gasteiger partial charge in [0, 0.05) is 51.4 Å². The van der Waals surface area contributed by atoms with Crippen molar-refractivity contribution in [3.63, 3.8) is 0 Å². The molecule has 30 heteroatoms. The maximum Gasteiger partial charge on any atom is 0.408 e. The molecule has 3 fully saturated rings. The molecular formula is C48H68N8O21S. The van der Waals surface area contributed by atoms with Crippen LogP contribution in [-0.2, 0) is 60.6 Å². The monoisotopic (exact) mass is 1120 g/mol. The van der Waals surface area contributed by atoms with E-state index in [1.165, 1.54) is 33.8 Å². The van der Waals surface area contributed by atoms with Crippen molar-refractivity contribution in [2.75, 3.05) is 26.2 Å². The molecule has 8 amide bonds. The number of fused-ring (bicyclic) bond motifs is 2. The number of nitrogens with one attached hydrogen (secondary N) is 6. The van der Waals surface area contributed by atoms with Crippen LogP contribution in [0.3, 0.4) is 0 Å². The minimum Gasteiger partial charge on any atom is -0.504 e. The van der Waals surface area contributed by atoms with Gasteiger partial charge in [0.05, 0.1) is 36.6 Å². The highest BCUT2D eigenvalue weighted by Gasteiger charge is 2.50. The number of rotatable bonds is 15. The molecule has 5 rings (SSSR count). The highest BCUT2D eigenvalue weighted by atomic mass is 32.2. The van der Waals surface area contributed by atoms with Crippen molar-refractivity contribution in [3.8, 4) is 11.5 Å². The molecule has 0 saturated carbocycles. The number of nitrogens with zero attached hydrogens (tertiary/aromatic N) is 2. The third kappa shape index (κ3) is 17.4. The van der Waals surface area contributed by atoms with Crippen LogP contribution in [0.25, 0.3) is 0 Å². The van der Waals surface area contributed by atoms with E-state index in [0.717, 1.165) is 28.9 Å². The molecule has 2 aromatic carbocycles. The summed E-state index contributed by atoms with van der Waals surface area (Å²) in [5.41, 5.74) is -0.344. The first kappa shape index (κ1) is 62.2. The SMILES string of the molecule is CC(O)C1NC(=O)[C@@H](NC(=O)OC(C)(C)C)C[C@H](O)CNC(=O)C2[C@@H](O)C(C)CN2C(=O)[C@H]([C@H](O)CCNC(=O)OCc2ccccc2)NC(=O)C([C@H](O)Cc2ccc(O)c(OSOOO)c2)NC(=O)C2CC(O)CN2C1=O. The summed E-state index contributed by atoms with van der Waals surface area (Å²) in [7, 11) is 0. The number of carbonyl (C=O) groups excluding carboxylic acids is 8. The molecule has 3 saturated heterocycles. The first-order chi connectivity index (χ1) is 36.8. The van der Waals surface area contributed by atoms with Crippen molar-refractivity contribution in [1.82, 2.24) is 41.7 Å². The van der Waals surface area contributed by atoms with Crippen molar-refractivity contribution < 1.29 is 102 Å². The van der Waals surface area contributed by atoms with Crippen LogP contribution in [0.1, 0.15) is 65.0 Å². The van der Waals surface area contributed by atoms with Crippen LogP contribution in [0.4, 0.5) is 9.59 Å². The van der Waals surface area contributed by atoms with E-state index >= 15 is 0 Å². The molecule has 0 bridgehead atoms. The molecule has 0 aromatic heterocycles. The number of aromatic hydroxyl groups is 1. The van der Waals surface area contributed by atoms with E-state index in [2.05, 4.69) is 41.3 Å². The first-order valence-electron chi connectivity index (χ1n) is 24.7. The lowest BCUT2D eigenvalue weighted by atomic mass is 9.98. The Labute approximate surface area is 451 Å². The van der Waals surface area contributed by atoms with E-state index in [9.17, 15) is 74.1 Å². The Hall–Kier alpha value is -6.61. The smallest absolute Gasteiger partial charge is 0.408 e. The number of benzene rings is 2. The molecule has 14 N–H and O–H groups in total. The van der Waals surface area contributed by atoms with Gasteiger partial charge in [0.15, 0.2) is 11.5 Å². The highest BCUT2D eigenvalue weighted by molar-refractivity contribution is 7.90. The summed E-state index contributed by atoms with van der Waals surface area (Å²) in [6.07, 6.45) is -14.8. The molecule has 0 spiro atoms. The molecule has 3 aliphatic rings. The predicted molar refractivity (Wildman–Crippen MR) is 267 cm³/mol. The molecule has 7 unspecified atom stereocenters. The second-order valence-corrected chi connectivity index (χ2v) is 20.5. The van der Waals surface area contributed by atoms with E-state index in [4.69, 9.17) is 18.9 Å². The lowest BCUT2D eigenvalue weighted by Gasteiger charge is -2.34. The highest BCUT2D eigenvalue weighted by Crippen LogP contribution is 2.31. The Balaban J connectivity index is 1.57. The standard InChI is InChI=1S/C48H68N8O21S/c1-23-20-56-38(39(23)63)43(67)50-19-27(58)17-29(51-47(71)74-48(3,4)5)40(64)52-35(24(2)57)44(68)55-21-28(59)18-30(55)41(65)53-36(33(62)15-26-11-12-31(60)34(16-26)75-78-77-76-72)42(66)54-37(45(56)69)32(61)13-14-49-46(70)73-22-25-9-7-6-8-10-25/h6-12,16,23-24,27-30,32-33,35-39,57-63,72H,13-15,17-22H2,1-5H3,(H,49,70)(H,50,67)(H,51,71)(H,52,64)(H,53,65)(H,54,66)/t23?,24?,27-,28?,29-,30?,32+,33+,35?,36?,37-,38?,39-/m0/s1. The molecule has 3 heterocycles. The molecular weight excluding hydrogens is 1060 g/mol. The quantitative estimate of drug-likeness (QED) is 0.0368. The topological polar surface area (TPSA) is 423 Å². The van der Waals surface area contributed by atoms with Crippen LogP contribution in [0.15, 0.2) is 48.5 Å². The van der Waals surface area contributed by atoms with E-state index in [-0.39, 0.29) is 43.3 Å². The number of aliphatic hydroxyl groups excluding tert-OH is 6. The Bertz CT molecular complexity index is 2420. The van der Waals surface area contributed by atoms with E-state index in [0.29, 0.717) is 5.56 Å². The van der Waals surface area contributed by atoms with Crippen molar-refractivity contribution in [2.24, 2.45) is 5.92 Å². The van der Waals surface area contributed by atoms with Gasteiger partial charge in [-0.05, 0) is 57.4 Å². The zero-order chi connectivity index (χ0) is 57.6. The second kappa shape index (κ2) is 28.3. The van der Waals surface area contributed by atoms with Gasteiger partial charge in [0.25, 0.3) is 12.3 Å². The number of ether oxygens (including phenoxy) is 2. The van der Waals surface area contributed by atoms with Gasteiger partial charge in [-0.1, -0.05) is 52.7 Å². The predicted octanol–water partition coefficient (Wildman–Crippen LogP) is -2.88. The molecule has 0 aliphatic carbocycles. The van der Waals surface area contributed by atoms with Gasteiger partial charge < -0.3 is 91.1 Å². The van der Waals surface area contributed by atoms with E-state index < -0.39 is 177 Å². The normalized spacial score (nSPS) is 27.1. The number of hydrogen-bond acceptors (Lipinski definition) is 22. The van der Waals surface area contributed by atoms with Crippen LogP contribution in [0.2, 0.25) is 0 Å².